The van der Waals surface area contributed by atoms with Crippen molar-refractivity contribution in [1.29, 1.82) is 0 Å². The van der Waals surface area contributed by atoms with Gasteiger partial charge in [0.25, 0.3) is 5.91 Å². The summed E-state index contributed by atoms with van der Waals surface area (Å²) >= 11 is 17.4. The molecule has 0 aliphatic carbocycles. The van der Waals surface area contributed by atoms with Crippen molar-refractivity contribution in [2.24, 2.45) is 0 Å². The zero-order valence-corrected chi connectivity index (χ0v) is 10.0. The zero-order chi connectivity index (χ0) is 11.9. The predicted molar refractivity (Wildman–Crippen MR) is 62.4 cm³/mol. The van der Waals surface area contributed by atoms with Gasteiger partial charge in [-0.2, -0.15) is 0 Å². The van der Waals surface area contributed by atoms with E-state index in [4.69, 9.17) is 34.8 Å². The van der Waals surface area contributed by atoms with E-state index in [2.05, 4.69) is 5.32 Å². The predicted octanol–water partition coefficient (Wildman–Crippen LogP) is 2.70. The molecule has 1 aromatic carbocycles. The number of nitrogens with one attached hydrogen (secondary N) is 1. The van der Waals surface area contributed by atoms with E-state index < -0.39 is 6.03 Å². The topological polar surface area (TPSA) is 49.4 Å². The molecule has 7 heteroatoms. The van der Waals surface area contributed by atoms with Crippen LogP contribution in [0.25, 0.3) is 0 Å². The van der Waals surface area contributed by atoms with Gasteiger partial charge in [-0.15, -0.1) is 0 Å². The third-order valence-electron chi connectivity index (χ3n) is 2.07. The van der Waals surface area contributed by atoms with Crippen LogP contribution in [0.15, 0.2) is 12.1 Å². The van der Waals surface area contributed by atoms with Crippen molar-refractivity contribution in [1.82, 2.24) is 5.32 Å². The molecule has 0 spiro atoms. The molecule has 0 aromatic heterocycles. The minimum absolute atomic E-state index is 0.0462. The van der Waals surface area contributed by atoms with Crippen molar-refractivity contribution in [2.75, 3.05) is 11.4 Å². The summed E-state index contributed by atoms with van der Waals surface area (Å²) in [7, 11) is 0. The Balaban J connectivity index is 2.51. The van der Waals surface area contributed by atoms with Gasteiger partial charge in [0.15, 0.2) is 0 Å². The lowest BCUT2D eigenvalue weighted by Gasteiger charge is -2.14. The fourth-order valence-corrected chi connectivity index (χ4v) is 1.98. The number of carbonyl (C=O) groups excluding carboxylic acids is 2. The van der Waals surface area contributed by atoms with E-state index in [9.17, 15) is 9.59 Å². The van der Waals surface area contributed by atoms with Gasteiger partial charge >= 0.3 is 6.03 Å². The molecular weight excluding hydrogens is 274 g/mol. The summed E-state index contributed by atoms with van der Waals surface area (Å²) in [4.78, 5) is 23.8. The van der Waals surface area contributed by atoms with Crippen LogP contribution in [-0.4, -0.2) is 18.5 Å². The van der Waals surface area contributed by atoms with Crippen molar-refractivity contribution < 1.29 is 9.59 Å². The van der Waals surface area contributed by atoms with Crippen molar-refractivity contribution in [3.8, 4) is 0 Å². The van der Waals surface area contributed by atoms with E-state index in [1.54, 1.807) is 0 Å². The number of halogens is 3. The highest BCUT2D eigenvalue weighted by molar-refractivity contribution is 6.44. The molecule has 1 saturated heterocycles. The molecule has 4 nitrogen and oxygen atoms in total. The standard InChI is InChI=1S/C9H5Cl3N2O2/c10-4-1-6(12)7(2-5(4)11)14-8(15)3-13-9(14)16/h1-2H,3H2,(H,13,16). The van der Waals surface area contributed by atoms with Crippen LogP contribution >= 0.6 is 34.8 Å². The molecule has 0 unspecified atom stereocenters. The Labute approximate surface area is 106 Å². The molecule has 1 fully saturated rings. The van der Waals surface area contributed by atoms with Crippen LogP contribution in [0.2, 0.25) is 15.1 Å². The molecule has 2 rings (SSSR count). The van der Waals surface area contributed by atoms with E-state index in [0.717, 1.165) is 4.90 Å². The average molecular weight is 280 g/mol. The first kappa shape index (κ1) is 11.5. The maximum absolute atomic E-state index is 11.4. The molecule has 1 aliphatic heterocycles. The van der Waals surface area contributed by atoms with Gasteiger partial charge in [0, 0.05) is 0 Å². The molecule has 1 aromatic rings. The normalized spacial score (nSPS) is 15.6. The summed E-state index contributed by atoms with van der Waals surface area (Å²) in [6, 6.07) is 2.25. The van der Waals surface area contributed by atoms with Crippen LogP contribution in [0.1, 0.15) is 0 Å². The number of hydrogen-bond acceptors (Lipinski definition) is 2. The van der Waals surface area contributed by atoms with Crippen molar-refractivity contribution in [3.05, 3.63) is 27.2 Å². The summed E-state index contributed by atoms with van der Waals surface area (Å²) in [5, 5.41) is 3.07. The lowest BCUT2D eigenvalue weighted by Crippen LogP contribution is -2.30. The molecule has 16 heavy (non-hydrogen) atoms. The molecule has 1 N–H and O–H groups in total. The molecule has 1 aliphatic rings. The lowest BCUT2D eigenvalue weighted by molar-refractivity contribution is -0.115. The Hall–Kier alpha value is -0.970. The number of anilines is 1. The Bertz CT molecular complexity index is 474. The number of urea groups is 1. The number of benzene rings is 1. The Kier molecular flexibility index (Phi) is 2.97. The average Bonchev–Trinajstić information content (AvgIpc) is 2.53. The molecule has 0 atom stereocenters. The summed E-state index contributed by atoms with van der Waals surface area (Å²) in [5.41, 5.74) is 0.232. The molecule has 1 heterocycles. The Morgan fingerprint density at radius 1 is 1.06 bits per heavy atom. The zero-order valence-electron chi connectivity index (χ0n) is 7.76. The Morgan fingerprint density at radius 3 is 2.25 bits per heavy atom. The minimum atomic E-state index is -0.523. The van der Waals surface area contributed by atoms with Gasteiger partial charge in [0.1, 0.15) is 0 Å². The highest BCUT2D eigenvalue weighted by atomic mass is 35.5. The van der Waals surface area contributed by atoms with Gasteiger partial charge in [-0.1, -0.05) is 34.8 Å². The summed E-state index contributed by atoms with van der Waals surface area (Å²) < 4.78 is 0. The largest absolute Gasteiger partial charge is 0.329 e. The van der Waals surface area contributed by atoms with Crippen LogP contribution < -0.4 is 10.2 Å². The maximum atomic E-state index is 11.4. The first-order valence-electron chi connectivity index (χ1n) is 4.26. The van der Waals surface area contributed by atoms with Gasteiger partial charge in [0.05, 0.1) is 27.3 Å². The van der Waals surface area contributed by atoms with Crippen LogP contribution in [-0.2, 0) is 4.79 Å². The minimum Gasteiger partial charge on any atom is -0.328 e. The second-order valence-corrected chi connectivity index (χ2v) is 4.33. The van der Waals surface area contributed by atoms with Crippen LogP contribution in [0.4, 0.5) is 10.5 Å². The molecule has 3 amide bonds. The number of amides is 3. The number of imide groups is 1. The van der Waals surface area contributed by atoms with Crippen molar-refractivity contribution >= 4 is 52.4 Å². The molecule has 0 bridgehead atoms. The third-order valence-corrected chi connectivity index (χ3v) is 3.10. The van der Waals surface area contributed by atoms with Crippen LogP contribution in [0.3, 0.4) is 0 Å². The summed E-state index contributed by atoms with van der Waals surface area (Å²) in [6.07, 6.45) is 0. The van der Waals surface area contributed by atoms with Gasteiger partial charge in [-0.05, 0) is 12.1 Å². The van der Waals surface area contributed by atoms with E-state index in [1.807, 2.05) is 0 Å². The summed E-state index contributed by atoms with van der Waals surface area (Å²) in [6.45, 7) is -0.0462. The fourth-order valence-electron chi connectivity index (χ4n) is 1.35. The van der Waals surface area contributed by atoms with Gasteiger partial charge in [0.2, 0.25) is 0 Å². The van der Waals surface area contributed by atoms with E-state index >= 15 is 0 Å². The first-order chi connectivity index (χ1) is 7.50. The molecular formula is C9H5Cl3N2O2. The van der Waals surface area contributed by atoms with Gasteiger partial charge in [-0.25, -0.2) is 9.69 Å². The van der Waals surface area contributed by atoms with Crippen molar-refractivity contribution in [2.45, 2.75) is 0 Å². The molecule has 0 saturated carbocycles. The first-order valence-corrected chi connectivity index (χ1v) is 5.39. The number of hydrogen-bond donors (Lipinski definition) is 1. The lowest BCUT2D eigenvalue weighted by atomic mass is 10.3. The highest BCUT2D eigenvalue weighted by Crippen LogP contribution is 2.35. The summed E-state index contributed by atoms with van der Waals surface area (Å²) in [5.74, 6) is -0.384. The Morgan fingerprint density at radius 2 is 1.69 bits per heavy atom. The smallest absolute Gasteiger partial charge is 0.328 e. The van der Waals surface area contributed by atoms with Gasteiger partial charge < -0.3 is 5.32 Å². The van der Waals surface area contributed by atoms with E-state index in [-0.39, 0.29) is 33.2 Å². The maximum Gasteiger partial charge on any atom is 0.329 e. The monoisotopic (exact) mass is 278 g/mol. The highest BCUT2D eigenvalue weighted by Gasteiger charge is 2.31. The SMILES string of the molecule is O=C1CNC(=O)N1c1cc(Cl)c(Cl)cc1Cl. The van der Waals surface area contributed by atoms with Crippen LogP contribution in [0, 0.1) is 0 Å². The fraction of sp³-hybridized carbons (Fsp3) is 0.111. The second-order valence-electron chi connectivity index (χ2n) is 3.11. The van der Waals surface area contributed by atoms with E-state index in [0.29, 0.717) is 0 Å². The number of nitrogens with zero attached hydrogens (tertiary/aromatic N) is 1. The van der Waals surface area contributed by atoms with Crippen molar-refractivity contribution in [3.63, 3.8) is 0 Å². The molecule has 84 valence electrons. The van der Waals surface area contributed by atoms with Gasteiger partial charge in [-0.3, -0.25) is 4.79 Å². The second kappa shape index (κ2) is 4.13. The number of rotatable bonds is 1. The van der Waals surface area contributed by atoms with E-state index in [1.165, 1.54) is 12.1 Å². The number of carbonyl (C=O) groups is 2. The van der Waals surface area contributed by atoms with Crippen LogP contribution in [0.5, 0.6) is 0 Å². The third kappa shape index (κ3) is 1.84. The quantitative estimate of drug-likeness (QED) is 0.635. The molecule has 0 radical (unpaired) electrons.